The molecule has 2 heteroatoms. The van der Waals surface area contributed by atoms with Gasteiger partial charge in [-0.05, 0) is 85.6 Å². The summed E-state index contributed by atoms with van der Waals surface area (Å²) in [6, 6.07) is 68.7. The molecule has 10 rings (SSSR count). The predicted molar refractivity (Wildman–Crippen MR) is 217 cm³/mol. The fraction of sp³-hybridized carbons (Fsp3) is 0. The van der Waals surface area contributed by atoms with Crippen molar-refractivity contribution < 1.29 is 0 Å². The van der Waals surface area contributed by atoms with Crippen molar-refractivity contribution in [3.63, 3.8) is 0 Å². The number of anilines is 3. The van der Waals surface area contributed by atoms with Gasteiger partial charge < -0.3 is 4.90 Å². The molecule has 9 aromatic carbocycles. The molecule has 0 saturated heterocycles. The first-order chi connectivity index (χ1) is 24.8. The molecule has 50 heavy (non-hydrogen) atoms. The fourth-order valence-electron chi connectivity index (χ4n) is 7.62. The summed E-state index contributed by atoms with van der Waals surface area (Å²) in [5, 5.41) is 10.2. The largest absolute Gasteiger partial charge is 0.310 e. The standard InChI is InChI=1S/C48H31NS/c1-3-13-39-34(10-1)12-9-18-40(39)35-22-20-32(21-23-35)33-24-26-37(27-25-33)49(38-28-29-45-44-17-7-8-19-47(44)50-48(45)31-38)46-30-36-11-2-4-14-41(36)42-15-5-6-16-43(42)46/h1-31H. The van der Waals surface area contributed by atoms with Gasteiger partial charge in [0.1, 0.15) is 0 Å². The second-order valence-corrected chi connectivity index (χ2v) is 14.0. The summed E-state index contributed by atoms with van der Waals surface area (Å²) in [5.41, 5.74) is 8.34. The lowest BCUT2D eigenvalue weighted by Crippen LogP contribution is -2.10. The molecule has 0 aliphatic rings. The first-order valence-corrected chi connectivity index (χ1v) is 17.9. The van der Waals surface area contributed by atoms with Gasteiger partial charge in [-0.15, -0.1) is 11.3 Å². The van der Waals surface area contributed by atoms with Crippen molar-refractivity contribution >= 4 is 80.9 Å². The Morgan fingerprint density at radius 2 is 0.880 bits per heavy atom. The number of thiophene rings is 1. The highest BCUT2D eigenvalue weighted by Gasteiger charge is 2.19. The van der Waals surface area contributed by atoms with Gasteiger partial charge >= 0.3 is 0 Å². The van der Waals surface area contributed by atoms with E-state index in [1.807, 2.05) is 11.3 Å². The van der Waals surface area contributed by atoms with Crippen LogP contribution in [0.3, 0.4) is 0 Å². The number of rotatable bonds is 5. The van der Waals surface area contributed by atoms with Gasteiger partial charge in [0.15, 0.2) is 0 Å². The van der Waals surface area contributed by atoms with Crippen LogP contribution in [0.25, 0.3) is 74.7 Å². The average molecular weight is 654 g/mol. The second kappa shape index (κ2) is 11.7. The Bertz CT molecular complexity index is 2860. The maximum atomic E-state index is 2.44. The molecule has 0 aliphatic carbocycles. The first kappa shape index (κ1) is 28.8. The molecule has 1 nitrogen and oxygen atoms in total. The third kappa shape index (κ3) is 4.76. The molecular weight excluding hydrogens is 623 g/mol. The smallest absolute Gasteiger partial charge is 0.0546 e. The van der Waals surface area contributed by atoms with Gasteiger partial charge in [-0.2, -0.15) is 0 Å². The Morgan fingerprint density at radius 3 is 1.68 bits per heavy atom. The van der Waals surface area contributed by atoms with Crippen LogP contribution >= 0.6 is 11.3 Å². The van der Waals surface area contributed by atoms with E-state index in [1.54, 1.807) is 0 Å². The van der Waals surface area contributed by atoms with Crippen molar-refractivity contribution in [3.05, 3.63) is 188 Å². The number of hydrogen-bond donors (Lipinski definition) is 0. The molecule has 0 spiro atoms. The van der Waals surface area contributed by atoms with Crippen molar-refractivity contribution in [2.24, 2.45) is 0 Å². The second-order valence-electron chi connectivity index (χ2n) is 12.9. The predicted octanol–water partition coefficient (Wildman–Crippen LogP) is 14.3. The molecular formula is C48H31NS. The summed E-state index contributed by atoms with van der Waals surface area (Å²) >= 11 is 1.86. The molecule has 234 valence electrons. The molecule has 0 fully saturated rings. The van der Waals surface area contributed by atoms with Gasteiger partial charge in [-0.1, -0.05) is 152 Å². The minimum atomic E-state index is 1.13. The van der Waals surface area contributed by atoms with E-state index in [9.17, 15) is 0 Å². The van der Waals surface area contributed by atoms with E-state index >= 15 is 0 Å². The Labute approximate surface area is 294 Å². The monoisotopic (exact) mass is 653 g/mol. The molecule has 0 amide bonds. The van der Waals surface area contributed by atoms with Crippen LogP contribution in [0, 0.1) is 0 Å². The van der Waals surface area contributed by atoms with E-state index in [2.05, 4.69) is 193 Å². The van der Waals surface area contributed by atoms with Crippen LogP contribution in [-0.2, 0) is 0 Å². The minimum Gasteiger partial charge on any atom is -0.310 e. The van der Waals surface area contributed by atoms with Crippen LogP contribution in [-0.4, -0.2) is 0 Å². The van der Waals surface area contributed by atoms with Crippen LogP contribution in [0.1, 0.15) is 0 Å². The molecule has 0 N–H and O–H groups in total. The van der Waals surface area contributed by atoms with E-state index in [-0.39, 0.29) is 0 Å². The van der Waals surface area contributed by atoms with E-state index in [4.69, 9.17) is 0 Å². The van der Waals surface area contributed by atoms with E-state index < -0.39 is 0 Å². The third-order valence-electron chi connectivity index (χ3n) is 10.1. The summed E-state index contributed by atoms with van der Waals surface area (Å²) in [6.07, 6.45) is 0. The van der Waals surface area contributed by atoms with Gasteiger partial charge in [0.2, 0.25) is 0 Å². The van der Waals surface area contributed by atoms with Crippen LogP contribution in [0.2, 0.25) is 0 Å². The molecule has 0 saturated carbocycles. The van der Waals surface area contributed by atoms with Crippen LogP contribution in [0.15, 0.2) is 188 Å². The van der Waals surface area contributed by atoms with Gasteiger partial charge in [0.25, 0.3) is 0 Å². The maximum absolute atomic E-state index is 2.44. The van der Waals surface area contributed by atoms with Crippen molar-refractivity contribution in [2.75, 3.05) is 4.90 Å². The number of hydrogen-bond acceptors (Lipinski definition) is 2. The van der Waals surface area contributed by atoms with Gasteiger partial charge in [0, 0.05) is 36.9 Å². The zero-order valence-electron chi connectivity index (χ0n) is 27.3. The maximum Gasteiger partial charge on any atom is 0.0546 e. The van der Waals surface area contributed by atoms with E-state index in [0.717, 1.165) is 11.4 Å². The first-order valence-electron chi connectivity index (χ1n) is 17.1. The molecule has 0 atom stereocenters. The molecule has 10 aromatic rings. The lowest BCUT2D eigenvalue weighted by atomic mass is 9.96. The quantitative estimate of drug-likeness (QED) is 0.167. The van der Waals surface area contributed by atoms with Crippen LogP contribution in [0.5, 0.6) is 0 Å². The number of benzene rings is 9. The highest BCUT2D eigenvalue weighted by Crippen LogP contribution is 2.45. The van der Waals surface area contributed by atoms with Crippen LogP contribution in [0.4, 0.5) is 17.1 Å². The summed E-state index contributed by atoms with van der Waals surface area (Å²) in [6.45, 7) is 0. The number of fused-ring (bicyclic) bond motifs is 7. The Hall–Kier alpha value is -6.22. The molecule has 0 radical (unpaired) electrons. The van der Waals surface area contributed by atoms with Gasteiger partial charge in [-0.25, -0.2) is 0 Å². The van der Waals surface area contributed by atoms with Crippen LogP contribution < -0.4 is 4.90 Å². The van der Waals surface area contributed by atoms with E-state index in [0.29, 0.717) is 0 Å². The zero-order chi connectivity index (χ0) is 33.0. The Morgan fingerprint density at radius 1 is 0.320 bits per heavy atom. The van der Waals surface area contributed by atoms with Crippen molar-refractivity contribution in [3.8, 4) is 22.3 Å². The molecule has 0 aliphatic heterocycles. The number of nitrogens with zero attached hydrogens (tertiary/aromatic N) is 1. The van der Waals surface area contributed by atoms with Crippen molar-refractivity contribution in [1.29, 1.82) is 0 Å². The Balaban J connectivity index is 1.10. The minimum absolute atomic E-state index is 1.13. The highest BCUT2D eigenvalue weighted by molar-refractivity contribution is 7.25. The molecule has 1 aromatic heterocycles. The van der Waals surface area contributed by atoms with Gasteiger partial charge in [0.05, 0.1) is 5.69 Å². The topological polar surface area (TPSA) is 3.24 Å². The average Bonchev–Trinajstić information content (AvgIpc) is 3.56. The lowest BCUT2D eigenvalue weighted by molar-refractivity contribution is 1.31. The summed E-state index contributed by atoms with van der Waals surface area (Å²) in [5.74, 6) is 0. The summed E-state index contributed by atoms with van der Waals surface area (Å²) in [7, 11) is 0. The van der Waals surface area contributed by atoms with Gasteiger partial charge in [-0.3, -0.25) is 0 Å². The third-order valence-corrected chi connectivity index (χ3v) is 11.2. The SMILES string of the molecule is c1ccc2c(-c3ccc(-c4ccc(N(c5ccc6c(c5)sc5ccccc56)c5cc6ccccc6c6ccccc56)cc4)cc3)cccc2c1. The zero-order valence-corrected chi connectivity index (χ0v) is 28.1. The fourth-order valence-corrected chi connectivity index (χ4v) is 8.76. The van der Waals surface area contributed by atoms with Crippen molar-refractivity contribution in [1.82, 2.24) is 0 Å². The summed E-state index contributed by atoms with van der Waals surface area (Å²) < 4.78 is 2.61. The summed E-state index contributed by atoms with van der Waals surface area (Å²) in [4.78, 5) is 2.44. The molecule has 0 bridgehead atoms. The Kier molecular flexibility index (Phi) is 6.75. The highest BCUT2D eigenvalue weighted by atomic mass is 32.1. The normalized spacial score (nSPS) is 11.6. The van der Waals surface area contributed by atoms with E-state index in [1.165, 1.54) is 80.4 Å². The van der Waals surface area contributed by atoms with Crippen molar-refractivity contribution in [2.45, 2.75) is 0 Å². The lowest BCUT2D eigenvalue weighted by Gasteiger charge is -2.28. The molecule has 0 unspecified atom stereocenters. The molecule has 1 heterocycles.